The average Bonchev–Trinajstić information content (AvgIpc) is 2.74. The molecule has 0 unspecified atom stereocenters. The van der Waals surface area contributed by atoms with Gasteiger partial charge in [0.2, 0.25) is 5.95 Å². The first kappa shape index (κ1) is 13.5. The van der Waals surface area contributed by atoms with Crippen LogP contribution in [-0.4, -0.2) is 19.5 Å². The van der Waals surface area contributed by atoms with Gasteiger partial charge in [0.15, 0.2) is 0 Å². The summed E-state index contributed by atoms with van der Waals surface area (Å²) in [5.41, 5.74) is 9.64. The number of hydrogen-bond donors (Lipinski definition) is 1. The zero-order valence-electron chi connectivity index (χ0n) is 12.8. The van der Waals surface area contributed by atoms with Crippen LogP contribution in [0.5, 0.6) is 0 Å². The first-order chi connectivity index (χ1) is 9.86. The second-order valence-electron chi connectivity index (χ2n) is 6.20. The maximum Gasteiger partial charge on any atom is 0.219 e. The highest BCUT2D eigenvalue weighted by Crippen LogP contribution is 2.28. The summed E-state index contributed by atoms with van der Waals surface area (Å²) in [6.07, 6.45) is 3.47. The van der Waals surface area contributed by atoms with Crippen molar-refractivity contribution in [2.24, 2.45) is 0 Å². The summed E-state index contributed by atoms with van der Waals surface area (Å²) in [7, 11) is 0. The van der Waals surface area contributed by atoms with Crippen LogP contribution in [0, 0.1) is 6.92 Å². The third-order valence-corrected chi connectivity index (χ3v) is 3.50. The van der Waals surface area contributed by atoms with Gasteiger partial charge in [-0.25, -0.2) is 15.0 Å². The number of hydrogen-bond acceptors (Lipinski definition) is 4. The zero-order chi connectivity index (χ0) is 15.2. The van der Waals surface area contributed by atoms with E-state index in [0.717, 1.165) is 28.0 Å². The molecule has 0 bridgehead atoms. The zero-order valence-corrected chi connectivity index (χ0v) is 12.8. The number of aromatic nitrogens is 4. The Hall–Kier alpha value is -2.43. The number of benzene rings is 1. The van der Waals surface area contributed by atoms with Gasteiger partial charge >= 0.3 is 0 Å². The van der Waals surface area contributed by atoms with E-state index in [1.165, 1.54) is 0 Å². The van der Waals surface area contributed by atoms with Crippen molar-refractivity contribution in [3.8, 4) is 11.1 Å². The molecule has 3 rings (SSSR count). The molecule has 21 heavy (non-hydrogen) atoms. The van der Waals surface area contributed by atoms with Gasteiger partial charge in [-0.15, -0.1) is 0 Å². The average molecular weight is 281 g/mol. The van der Waals surface area contributed by atoms with E-state index in [9.17, 15) is 0 Å². The number of nitrogen functional groups attached to an aromatic ring is 1. The van der Waals surface area contributed by atoms with Crippen molar-refractivity contribution in [3.63, 3.8) is 0 Å². The molecule has 5 heteroatoms. The van der Waals surface area contributed by atoms with Gasteiger partial charge in [0.05, 0.1) is 11.0 Å². The topological polar surface area (TPSA) is 69.6 Å². The van der Waals surface area contributed by atoms with Crippen molar-refractivity contribution in [2.75, 3.05) is 5.73 Å². The number of nitrogens with two attached hydrogens (primary N) is 1. The summed E-state index contributed by atoms with van der Waals surface area (Å²) in [4.78, 5) is 12.8. The van der Waals surface area contributed by atoms with Gasteiger partial charge in [0, 0.05) is 23.5 Å². The second kappa shape index (κ2) is 4.55. The van der Waals surface area contributed by atoms with E-state index in [-0.39, 0.29) is 11.5 Å². The van der Waals surface area contributed by atoms with Crippen molar-refractivity contribution in [3.05, 3.63) is 36.4 Å². The Balaban J connectivity index is 2.16. The van der Waals surface area contributed by atoms with Crippen LogP contribution in [0.3, 0.4) is 0 Å². The molecular formula is C16H19N5. The molecule has 0 aliphatic carbocycles. The third-order valence-electron chi connectivity index (χ3n) is 3.50. The predicted octanol–water partition coefficient (Wildman–Crippen LogP) is 3.14. The maximum atomic E-state index is 5.53. The molecule has 0 spiro atoms. The van der Waals surface area contributed by atoms with Gasteiger partial charge in [-0.1, -0.05) is 6.07 Å². The minimum atomic E-state index is 0.00462. The fourth-order valence-corrected chi connectivity index (χ4v) is 2.71. The van der Waals surface area contributed by atoms with Crippen molar-refractivity contribution in [2.45, 2.75) is 33.2 Å². The summed E-state index contributed by atoms with van der Waals surface area (Å²) in [6, 6.07) is 6.24. The van der Waals surface area contributed by atoms with E-state index in [1.807, 2.05) is 6.92 Å². The number of anilines is 1. The maximum absolute atomic E-state index is 5.53. The molecule has 0 fully saturated rings. The van der Waals surface area contributed by atoms with Crippen molar-refractivity contribution >= 4 is 17.0 Å². The largest absolute Gasteiger partial charge is 0.368 e. The summed E-state index contributed by atoms with van der Waals surface area (Å²) < 4.78 is 2.26. The minimum absolute atomic E-state index is 0.00462. The fraction of sp³-hybridized carbons (Fsp3) is 0.312. The van der Waals surface area contributed by atoms with Crippen molar-refractivity contribution in [1.29, 1.82) is 0 Å². The highest BCUT2D eigenvalue weighted by atomic mass is 15.1. The van der Waals surface area contributed by atoms with Gasteiger partial charge in [0.25, 0.3) is 0 Å². The minimum Gasteiger partial charge on any atom is -0.368 e. The Bertz CT molecular complexity index is 794. The fourth-order valence-electron chi connectivity index (χ4n) is 2.71. The van der Waals surface area contributed by atoms with Crippen LogP contribution in [0.15, 0.2) is 30.6 Å². The lowest BCUT2D eigenvalue weighted by atomic mass is 10.1. The molecule has 108 valence electrons. The molecule has 0 amide bonds. The molecule has 5 nitrogen and oxygen atoms in total. The summed E-state index contributed by atoms with van der Waals surface area (Å²) in [6.45, 7) is 8.59. The Kier molecular flexibility index (Phi) is 2.93. The molecule has 0 radical (unpaired) electrons. The monoisotopic (exact) mass is 281 g/mol. The molecule has 2 aromatic heterocycles. The third kappa shape index (κ3) is 2.35. The second-order valence-corrected chi connectivity index (χ2v) is 6.20. The lowest BCUT2D eigenvalue weighted by Crippen LogP contribution is -2.22. The van der Waals surface area contributed by atoms with Gasteiger partial charge in [0.1, 0.15) is 5.82 Å². The van der Waals surface area contributed by atoms with Gasteiger partial charge in [-0.3, -0.25) is 0 Å². The summed E-state index contributed by atoms with van der Waals surface area (Å²) in [5.74, 6) is 1.30. The van der Waals surface area contributed by atoms with E-state index in [0.29, 0.717) is 0 Å². The van der Waals surface area contributed by atoms with E-state index < -0.39 is 0 Å². The van der Waals surface area contributed by atoms with E-state index >= 15 is 0 Å². The lowest BCUT2D eigenvalue weighted by Gasteiger charge is -2.23. The molecule has 1 aromatic carbocycles. The highest BCUT2D eigenvalue weighted by molar-refractivity contribution is 5.82. The van der Waals surface area contributed by atoms with Crippen LogP contribution >= 0.6 is 0 Å². The highest BCUT2D eigenvalue weighted by Gasteiger charge is 2.19. The molecule has 0 aliphatic heterocycles. The lowest BCUT2D eigenvalue weighted by molar-refractivity contribution is 0.400. The van der Waals surface area contributed by atoms with E-state index in [1.54, 1.807) is 12.4 Å². The molecular weight excluding hydrogens is 262 g/mol. The molecule has 2 N–H and O–H groups in total. The number of aryl methyl sites for hydroxylation is 1. The van der Waals surface area contributed by atoms with Crippen LogP contribution in [0.1, 0.15) is 26.6 Å². The van der Waals surface area contributed by atoms with E-state index in [4.69, 9.17) is 5.73 Å². The number of rotatable bonds is 1. The van der Waals surface area contributed by atoms with Crippen molar-refractivity contribution < 1.29 is 0 Å². The SMILES string of the molecule is Cc1nc2cc(-c3cnc(N)nc3)ccc2n1C(C)(C)C. The molecule has 2 heterocycles. The number of fused-ring (bicyclic) bond motifs is 1. The van der Waals surface area contributed by atoms with Crippen molar-refractivity contribution in [1.82, 2.24) is 19.5 Å². The molecule has 0 atom stereocenters. The van der Waals surface area contributed by atoms with Gasteiger partial charge in [-0.05, 0) is 45.4 Å². The van der Waals surface area contributed by atoms with Gasteiger partial charge in [-0.2, -0.15) is 0 Å². The first-order valence-electron chi connectivity index (χ1n) is 6.94. The predicted molar refractivity (Wildman–Crippen MR) is 84.9 cm³/mol. The first-order valence-corrected chi connectivity index (χ1v) is 6.94. The Labute approximate surface area is 123 Å². The quantitative estimate of drug-likeness (QED) is 0.744. The summed E-state index contributed by atoms with van der Waals surface area (Å²) >= 11 is 0. The van der Waals surface area contributed by atoms with E-state index in [2.05, 4.69) is 58.5 Å². The van der Waals surface area contributed by atoms with Crippen LogP contribution in [-0.2, 0) is 5.54 Å². The van der Waals surface area contributed by atoms with Crippen LogP contribution in [0.4, 0.5) is 5.95 Å². The van der Waals surface area contributed by atoms with Gasteiger partial charge < -0.3 is 10.3 Å². The number of nitrogens with zero attached hydrogens (tertiary/aromatic N) is 4. The van der Waals surface area contributed by atoms with Crippen LogP contribution in [0.25, 0.3) is 22.2 Å². The van der Waals surface area contributed by atoms with Crippen LogP contribution in [0.2, 0.25) is 0 Å². The molecule has 0 saturated heterocycles. The molecule has 0 saturated carbocycles. The molecule has 3 aromatic rings. The smallest absolute Gasteiger partial charge is 0.219 e. The molecule has 0 aliphatic rings. The summed E-state index contributed by atoms with van der Waals surface area (Å²) in [5, 5.41) is 0. The number of imidazole rings is 1. The standard InChI is InChI=1S/C16H19N5/c1-10-20-13-7-11(12-8-18-15(17)19-9-12)5-6-14(13)21(10)16(2,3)4/h5-9H,1-4H3,(H2,17,18,19). The Morgan fingerprint density at radius 1 is 1.05 bits per heavy atom. The van der Waals surface area contributed by atoms with Crippen LogP contribution < -0.4 is 5.73 Å². The normalized spacial score (nSPS) is 12.0. The Morgan fingerprint density at radius 3 is 2.33 bits per heavy atom. The Morgan fingerprint density at radius 2 is 1.71 bits per heavy atom.